The van der Waals surface area contributed by atoms with E-state index in [1.54, 1.807) is 18.0 Å². The fourth-order valence-corrected chi connectivity index (χ4v) is 8.79. The Kier molecular flexibility index (Phi) is 7.52. The van der Waals surface area contributed by atoms with Crippen LogP contribution in [0.3, 0.4) is 0 Å². The van der Waals surface area contributed by atoms with Gasteiger partial charge in [-0.2, -0.15) is 10.2 Å². The zero-order chi connectivity index (χ0) is 26.1. The van der Waals surface area contributed by atoms with Crippen LogP contribution >= 0.6 is 11.8 Å². The summed E-state index contributed by atoms with van der Waals surface area (Å²) in [4.78, 5) is 10.4. The van der Waals surface area contributed by atoms with E-state index in [-0.39, 0.29) is 6.10 Å². The number of nitrogens with zero attached hydrogens (tertiary/aromatic N) is 3. The standard InChI is InChI=1S/C30H40N6OS/c1-38-26-5-3-2-4-20(26)16-32-29-33-17-23(15-31)28(36-29)34-18-30-12-19-10-21(13-30)27(22(11-19)14-30)35-24-6-8-25(37)9-7-24/h2-5,17,19,21-22,24-25,27,35,37H,6-14,16,18H2,1H3,(H2,32,33,34,36)/t19?,21-,22+,24?,25?,27?,30?. The fraction of sp³-hybridized carbons (Fsp3) is 0.633. The fourth-order valence-electron chi connectivity index (χ4n) is 8.17. The van der Waals surface area contributed by atoms with Crippen molar-refractivity contribution in [1.29, 1.82) is 5.26 Å². The second kappa shape index (κ2) is 11.0. The number of benzene rings is 1. The van der Waals surface area contributed by atoms with Gasteiger partial charge in [-0.1, -0.05) is 18.2 Å². The van der Waals surface area contributed by atoms with Gasteiger partial charge in [-0.3, -0.25) is 0 Å². The van der Waals surface area contributed by atoms with Gasteiger partial charge >= 0.3 is 0 Å². The molecule has 0 radical (unpaired) electrons. The molecule has 1 aromatic carbocycles. The molecule has 0 saturated heterocycles. The number of nitrogens with one attached hydrogen (secondary N) is 3. The maximum absolute atomic E-state index is 9.91. The first-order chi connectivity index (χ1) is 18.5. The summed E-state index contributed by atoms with van der Waals surface area (Å²) < 4.78 is 0. The van der Waals surface area contributed by atoms with Crippen molar-refractivity contribution in [3.8, 4) is 6.07 Å². The van der Waals surface area contributed by atoms with E-state index in [2.05, 4.69) is 57.5 Å². The number of aliphatic hydroxyl groups excluding tert-OH is 1. The summed E-state index contributed by atoms with van der Waals surface area (Å²) in [6, 6.07) is 11.8. The molecule has 5 aliphatic rings. The van der Waals surface area contributed by atoms with Crippen LogP contribution in [0, 0.1) is 34.5 Å². The van der Waals surface area contributed by atoms with E-state index in [0.717, 1.165) is 50.0 Å². The third kappa shape index (κ3) is 5.38. The zero-order valence-corrected chi connectivity index (χ0v) is 23.1. The number of thioether (sulfide) groups is 1. The minimum atomic E-state index is -0.0946. The highest BCUT2D eigenvalue weighted by Gasteiger charge is 2.55. The molecular weight excluding hydrogens is 492 g/mol. The molecule has 4 N–H and O–H groups in total. The second-order valence-electron chi connectivity index (χ2n) is 12.3. The molecule has 2 aromatic rings. The summed E-state index contributed by atoms with van der Waals surface area (Å²) in [7, 11) is 0. The third-order valence-corrected chi connectivity index (χ3v) is 10.5. The Morgan fingerprint density at radius 2 is 1.84 bits per heavy atom. The number of anilines is 2. The van der Waals surface area contributed by atoms with Crippen molar-refractivity contribution in [1.82, 2.24) is 15.3 Å². The van der Waals surface area contributed by atoms with Crippen LogP contribution in [0.1, 0.15) is 68.9 Å². The molecule has 7 nitrogen and oxygen atoms in total. The van der Waals surface area contributed by atoms with Crippen molar-refractivity contribution in [2.24, 2.45) is 23.2 Å². The largest absolute Gasteiger partial charge is 0.393 e. The van der Waals surface area contributed by atoms with Gasteiger partial charge in [0.05, 0.1) is 12.3 Å². The van der Waals surface area contributed by atoms with Crippen LogP contribution in [0.2, 0.25) is 0 Å². The van der Waals surface area contributed by atoms with Crippen LogP contribution in [-0.4, -0.2) is 46.1 Å². The van der Waals surface area contributed by atoms with Crippen molar-refractivity contribution in [2.45, 2.75) is 87.4 Å². The molecule has 202 valence electrons. The van der Waals surface area contributed by atoms with Crippen LogP contribution in [0.15, 0.2) is 35.4 Å². The average Bonchev–Trinajstić information content (AvgIpc) is 2.93. The molecule has 8 heteroatoms. The number of nitriles is 1. The normalized spacial score (nSPS) is 33.6. The second-order valence-corrected chi connectivity index (χ2v) is 13.1. The number of hydrogen-bond acceptors (Lipinski definition) is 8. The Balaban J connectivity index is 1.10. The quantitative estimate of drug-likeness (QED) is 0.327. The van der Waals surface area contributed by atoms with Gasteiger partial charge in [0.15, 0.2) is 0 Å². The van der Waals surface area contributed by atoms with Crippen molar-refractivity contribution >= 4 is 23.5 Å². The Labute approximate surface area is 230 Å². The smallest absolute Gasteiger partial charge is 0.224 e. The van der Waals surface area contributed by atoms with Crippen LogP contribution < -0.4 is 16.0 Å². The minimum absolute atomic E-state index is 0.0946. The van der Waals surface area contributed by atoms with Crippen LogP contribution in [0.5, 0.6) is 0 Å². The molecule has 1 aromatic heterocycles. The molecule has 4 bridgehead atoms. The SMILES string of the molecule is CSc1ccccc1CNc1ncc(C#N)c(NCC23CC4C[C@H](C2)C(NC2CCC(O)CC2)[C@@H](C4)C3)n1. The van der Waals surface area contributed by atoms with E-state index in [4.69, 9.17) is 4.98 Å². The summed E-state index contributed by atoms with van der Waals surface area (Å²) in [6.45, 7) is 1.52. The van der Waals surface area contributed by atoms with E-state index in [9.17, 15) is 10.4 Å². The molecule has 0 spiro atoms. The first-order valence-electron chi connectivity index (χ1n) is 14.3. The van der Waals surface area contributed by atoms with Gasteiger partial charge in [0.1, 0.15) is 17.5 Å². The summed E-state index contributed by atoms with van der Waals surface area (Å²) in [5.74, 6) is 3.51. The van der Waals surface area contributed by atoms with Crippen molar-refractivity contribution in [2.75, 3.05) is 23.4 Å². The maximum atomic E-state index is 9.91. The molecule has 38 heavy (non-hydrogen) atoms. The lowest BCUT2D eigenvalue weighted by atomic mass is 9.47. The summed E-state index contributed by atoms with van der Waals surface area (Å²) in [5, 5.41) is 30.7. The lowest BCUT2D eigenvalue weighted by molar-refractivity contribution is -0.0737. The van der Waals surface area contributed by atoms with E-state index >= 15 is 0 Å². The molecular formula is C30H40N6OS. The predicted molar refractivity (Wildman–Crippen MR) is 152 cm³/mol. The van der Waals surface area contributed by atoms with Crippen LogP contribution in [0.25, 0.3) is 0 Å². The van der Waals surface area contributed by atoms with Gasteiger partial charge < -0.3 is 21.1 Å². The van der Waals surface area contributed by atoms with Crippen molar-refractivity contribution < 1.29 is 5.11 Å². The minimum Gasteiger partial charge on any atom is -0.393 e. The number of hydrogen-bond donors (Lipinski definition) is 4. The lowest BCUT2D eigenvalue weighted by Gasteiger charge is -2.61. The van der Waals surface area contributed by atoms with Gasteiger partial charge in [-0.05, 0) is 98.8 Å². The highest BCUT2D eigenvalue weighted by atomic mass is 32.2. The Morgan fingerprint density at radius 3 is 2.58 bits per heavy atom. The zero-order valence-electron chi connectivity index (χ0n) is 22.3. The Bertz CT molecular complexity index is 1160. The molecule has 5 fully saturated rings. The number of aromatic nitrogens is 2. The van der Waals surface area contributed by atoms with Gasteiger partial charge in [0, 0.05) is 30.1 Å². The van der Waals surface area contributed by atoms with Crippen LogP contribution in [-0.2, 0) is 6.54 Å². The molecule has 5 aliphatic carbocycles. The van der Waals surface area contributed by atoms with Crippen molar-refractivity contribution in [3.05, 3.63) is 41.6 Å². The third-order valence-electron chi connectivity index (χ3n) is 9.69. The lowest BCUT2D eigenvalue weighted by Crippen LogP contribution is -2.61. The predicted octanol–water partition coefficient (Wildman–Crippen LogP) is 5.18. The van der Waals surface area contributed by atoms with E-state index in [1.165, 1.54) is 42.6 Å². The Hall–Kier alpha value is -2.34. The van der Waals surface area contributed by atoms with Crippen LogP contribution in [0.4, 0.5) is 11.8 Å². The average molecular weight is 533 g/mol. The van der Waals surface area contributed by atoms with Crippen molar-refractivity contribution in [3.63, 3.8) is 0 Å². The molecule has 3 unspecified atom stereocenters. The molecule has 7 rings (SSSR count). The van der Waals surface area contributed by atoms with Gasteiger partial charge in [0.2, 0.25) is 5.95 Å². The molecule has 5 atom stereocenters. The van der Waals surface area contributed by atoms with Gasteiger partial charge in [-0.15, -0.1) is 11.8 Å². The maximum Gasteiger partial charge on any atom is 0.224 e. The van der Waals surface area contributed by atoms with E-state index in [0.29, 0.717) is 41.4 Å². The topological polar surface area (TPSA) is 106 Å². The van der Waals surface area contributed by atoms with Gasteiger partial charge in [0.25, 0.3) is 0 Å². The first kappa shape index (κ1) is 25.9. The van der Waals surface area contributed by atoms with Gasteiger partial charge in [-0.25, -0.2) is 4.98 Å². The Morgan fingerprint density at radius 1 is 1.08 bits per heavy atom. The summed E-state index contributed by atoms with van der Waals surface area (Å²) in [6.07, 6.45) is 14.2. The molecule has 1 heterocycles. The number of rotatable bonds is 9. The summed E-state index contributed by atoms with van der Waals surface area (Å²) >= 11 is 1.73. The summed E-state index contributed by atoms with van der Waals surface area (Å²) in [5.41, 5.74) is 2.01. The highest BCUT2D eigenvalue weighted by Crippen LogP contribution is 2.60. The number of aliphatic hydroxyl groups is 1. The first-order valence-corrected chi connectivity index (χ1v) is 15.6. The molecule has 0 amide bonds. The van der Waals surface area contributed by atoms with E-state index in [1.807, 2.05) is 0 Å². The van der Waals surface area contributed by atoms with E-state index < -0.39 is 0 Å². The molecule has 0 aliphatic heterocycles. The molecule has 5 saturated carbocycles. The monoisotopic (exact) mass is 532 g/mol. The highest BCUT2D eigenvalue weighted by molar-refractivity contribution is 7.98.